The number of nitrogens with two attached hydrogens (primary N) is 1. The Hall–Kier alpha value is -1.55. The highest BCUT2D eigenvalue weighted by Crippen LogP contribution is 2.30. The molecule has 0 bridgehead atoms. The monoisotopic (exact) mass is 342 g/mol. The van der Waals surface area contributed by atoms with E-state index in [1.54, 1.807) is 12.1 Å². The fraction of sp³-hybridized carbons (Fsp3) is 0.562. The molecule has 1 aliphatic rings. The molecule has 0 spiro atoms. The normalized spacial score (nSPS) is 35.2. The maximum atomic E-state index is 10.9. The van der Waals surface area contributed by atoms with E-state index in [-0.39, 0.29) is 6.42 Å². The van der Waals surface area contributed by atoms with Crippen molar-refractivity contribution in [1.29, 1.82) is 0 Å². The van der Waals surface area contributed by atoms with E-state index in [1.165, 1.54) is 19.1 Å². The summed E-state index contributed by atoms with van der Waals surface area (Å²) in [7, 11) is 0. The number of aryl methyl sites for hydroxylation is 1. The van der Waals surface area contributed by atoms with Gasteiger partial charge in [-0.25, -0.2) is 0 Å². The molecule has 1 aromatic carbocycles. The van der Waals surface area contributed by atoms with Crippen LogP contribution in [0.15, 0.2) is 24.3 Å². The van der Waals surface area contributed by atoms with Gasteiger partial charge >= 0.3 is 5.97 Å². The van der Waals surface area contributed by atoms with Crippen LogP contribution in [0.3, 0.4) is 0 Å². The molecule has 0 aromatic heterocycles. The van der Waals surface area contributed by atoms with Crippen molar-refractivity contribution in [3.05, 3.63) is 29.8 Å². The zero-order valence-corrected chi connectivity index (χ0v) is 13.2. The largest absolute Gasteiger partial charge is 0.427 e. The summed E-state index contributed by atoms with van der Waals surface area (Å²) in [5, 5.41) is 39.6. The molecule has 1 saturated heterocycles. The molecule has 8 nitrogen and oxygen atoms in total. The van der Waals surface area contributed by atoms with Gasteiger partial charge in [0.1, 0.15) is 24.1 Å². The molecule has 134 valence electrons. The minimum atomic E-state index is -2.09. The van der Waals surface area contributed by atoms with Crippen LogP contribution in [0.1, 0.15) is 20.3 Å². The Morgan fingerprint density at radius 3 is 2.54 bits per heavy atom. The third-order valence-electron chi connectivity index (χ3n) is 3.93. The molecular weight excluding hydrogens is 318 g/mol. The highest BCUT2D eigenvalue weighted by Gasteiger charge is 2.50. The van der Waals surface area contributed by atoms with Gasteiger partial charge < -0.3 is 35.6 Å². The van der Waals surface area contributed by atoms with Gasteiger partial charge in [0.05, 0.1) is 12.6 Å². The number of rotatable bonds is 5. The van der Waals surface area contributed by atoms with E-state index in [4.69, 9.17) is 16.6 Å². The van der Waals surface area contributed by atoms with Crippen LogP contribution in [-0.4, -0.2) is 63.1 Å². The highest BCUT2D eigenvalue weighted by atomic mass is 16.6. The number of esters is 1. The molecule has 1 heterocycles. The topological polar surface area (TPSA) is 142 Å². The Kier molecular flexibility index (Phi) is 5.44. The van der Waals surface area contributed by atoms with E-state index in [1.807, 2.05) is 0 Å². The predicted molar refractivity (Wildman–Crippen MR) is 83.0 cm³/mol. The van der Waals surface area contributed by atoms with Crippen molar-refractivity contribution in [3.8, 4) is 5.75 Å². The summed E-state index contributed by atoms with van der Waals surface area (Å²) in [5.74, 6) is -2.23. The number of aliphatic hydroxyl groups is 4. The van der Waals surface area contributed by atoms with E-state index in [2.05, 4.69) is 0 Å². The summed E-state index contributed by atoms with van der Waals surface area (Å²) in [6.07, 6.45) is -5.41. The van der Waals surface area contributed by atoms with Crippen LogP contribution >= 0.6 is 0 Å². The summed E-state index contributed by atoms with van der Waals surface area (Å²) in [6, 6.07) is 4.79. The quantitative estimate of drug-likeness (QED) is 0.327. The molecule has 0 amide bonds. The van der Waals surface area contributed by atoms with Gasteiger partial charge in [0.2, 0.25) is 0 Å². The fourth-order valence-corrected chi connectivity index (χ4v) is 2.54. The van der Waals surface area contributed by atoms with Crippen LogP contribution in [0.2, 0.25) is 0 Å². The maximum absolute atomic E-state index is 10.9. The number of benzene rings is 1. The molecule has 0 aliphatic carbocycles. The molecule has 1 aliphatic heterocycles. The van der Waals surface area contributed by atoms with Gasteiger partial charge in [0, 0.05) is 14.7 Å². The zero-order chi connectivity index (χ0) is 18.8. The van der Waals surface area contributed by atoms with E-state index >= 15 is 0 Å². The molecule has 0 radical (unpaired) electrons. The second-order valence-corrected chi connectivity index (χ2v) is 5.76. The lowest BCUT2D eigenvalue weighted by Crippen LogP contribution is -2.68. The SMILES string of the molecule is [2H]C(CC1(O)O[C@H](CO)[C@@H](O)[C@H](O)[C@H]1N)c1ccc(OC(C)=O)cc1. The first-order valence-corrected chi connectivity index (χ1v) is 7.51. The molecule has 6 atom stereocenters. The number of carbonyl (C=O) groups is 1. The minimum Gasteiger partial charge on any atom is -0.427 e. The standard InChI is InChI=1S/C16H23NO7/c1-9(19)23-11-4-2-10(3-5-11)6-7-16(22)15(17)14(21)13(20)12(8-18)24-16/h2-5,12-15,18,20-22H,6-8,17H2,1H3/t12-,13-,14+,15-,16?/m1/s1/i6D/t6?,12-,13-,14+,15-,16?. The number of ether oxygens (including phenoxy) is 2. The smallest absolute Gasteiger partial charge is 0.308 e. The predicted octanol–water partition coefficient (Wildman–Crippen LogP) is -1.33. The summed E-state index contributed by atoms with van der Waals surface area (Å²) in [6.45, 7) is 0.656. The van der Waals surface area contributed by atoms with Crippen LogP contribution in [0.5, 0.6) is 5.75 Å². The molecule has 2 rings (SSSR count). The van der Waals surface area contributed by atoms with Gasteiger partial charge in [-0.05, 0) is 24.1 Å². The van der Waals surface area contributed by atoms with Gasteiger partial charge in [0.25, 0.3) is 0 Å². The van der Waals surface area contributed by atoms with Crippen LogP contribution in [0.4, 0.5) is 0 Å². The van der Waals surface area contributed by atoms with E-state index in [0.29, 0.717) is 11.3 Å². The number of aliphatic hydroxyl groups excluding tert-OH is 3. The first-order valence-electron chi connectivity index (χ1n) is 8.09. The Bertz CT molecular complexity index is 597. The first kappa shape index (κ1) is 17.3. The van der Waals surface area contributed by atoms with Crippen molar-refractivity contribution < 1.29 is 36.1 Å². The van der Waals surface area contributed by atoms with Crippen LogP contribution in [0, 0.1) is 0 Å². The molecule has 1 fully saturated rings. The Morgan fingerprint density at radius 1 is 1.38 bits per heavy atom. The Labute approximate surface area is 140 Å². The van der Waals surface area contributed by atoms with Crippen molar-refractivity contribution in [2.24, 2.45) is 5.73 Å². The summed E-state index contributed by atoms with van der Waals surface area (Å²) in [4.78, 5) is 10.9. The second-order valence-electron chi connectivity index (χ2n) is 5.76. The average molecular weight is 342 g/mol. The molecule has 0 saturated carbocycles. The fourth-order valence-electron chi connectivity index (χ4n) is 2.54. The molecule has 1 aromatic rings. The summed E-state index contributed by atoms with van der Waals surface area (Å²) in [5.41, 5.74) is 6.26. The van der Waals surface area contributed by atoms with Crippen molar-refractivity contribution in [3.63, 3.8) is 0 Å². The molecule has 6 N–H and O–H groups in total. The van der Waals surface area contributed by atoms with Gasteiger partial charge in [-0.1, -0.05) is 12.1 Å². The van der Waals surface area contributed by atoms with Crippen molar-refractivity contribution in [2.75, 3.05) is 6.61 Å². The molecule has 24 heavy (non-hydrogen) atoms. The lowest BCUT2D eigenvalue weighted by Gasteiger charge is -2.46. The highest BCUT2D eigenvalue weighted by molar-refractivity contribution is 5.69. The molecule has 2 unspecified atom stereocenters. The second kappa shape index (κ2) is 7.56. The number of carbonyl (C=O) groups excluding carboxylic acids is 1. The van der Waals surface area contributed by atoms with E-state index < -0.39 is 49.1 Å². The molecule has 8 heteroatoms. The lowest BCUT2D eigenvalue weighted by molar-refractivity contribution is -0.316. The maximum Gasteiger partial charge on any atom is 0.308 e. The van der Waals surface area contributed by atoms with Crippen LogP contribution in [-0.2, 0) is 15.9 Å². The number of hydrogen-bond donors (Lipinski definition) is 5. The van der Waals surface area contributed by atoms with Crippen molar-refractivity contribution >= 4 is 5.97 Å². The minimum absolute atomic E-state index is 0.290. The third-order valence-corrected chi connectivity index (χ3v) is 3.93. The molecular formula is C16H23NO7. The summed E-state index contributed by atoms with van der Waals surface area (Å²) >= 11 is 0. The van der Waals surface area contributed by atoms with Crippen molar-refractivity contribution in [2.45, 2.75) is 49.9 Å². The van der Waals surface area contributed by atoms with Crippen LogP contribution in [0.25, 0.3) is 0 Å². The van der Waals surface area contributed by atoms with Gasteiger partial charge in [-0.3, -0.25) is 4.79 Å². The Morgan fingerprint density at radius 2 is 2.00 bits per heavy atom. The van der Waals surface area contributed by atoms with Crippen molar-refractivity contribution in [1.82, 2.24) is 0 Å². The lowest BCUT2D eigenvalue weighted by atomic mass is 9.87. The van der Waals surface area contributed by atoms with E-state index in [9.17, 15) is 25.2 Å². The number of hydrogen-bond acceptors (Lipinski definition) is 8. The zero-order valence-electron chi connectivity index (χ0n) is 14.2. The van der Waals surface area contributed by atoms with Gasteiger partial charge in [-0.15, -0.1) is 0 Å². The van der Waals surface area contributed by atoms with E-state index in [0.717, 1.165) is 0 Å². The summed E-state index contributed by atoms with van der Waals surface area (Å²) < 4.78 is 18.4. The van der Waals surface area contributed by atoms with Gasteiger partial charge in [0.15, 0.2) is 5.79 Å². The van der Waals surface area contributed by atoms with Gasteiger partial charge in [-0.2, -0.15) is 0 Å². The first-order chi connectivity index (χ1) is 11.7. The van der Waals surface area contributed by atoms with Crippen LogP contribution < -0.4 is 10.5 Å². The average Bonchev–Trinajstić information content (AvgIpc) is 2.56. The Balaban J connectivity index is 2.12. The third kappa shape index (κ3) is 4.10.